The molecule has 1 heterocycles. The molecule has 0 amide bonds. The lowest BCUT2D eigenvalue weighted by Gasteiger charge is -2.08. The number of benzene rings is 1. The van der Waals surface area contributed by atoms with E-state index >= 15 is 0 Å². The Kier molecular flexibility index (Phi) is 3.62. The number of aromatic amines is 1. The molecule has 2 aromatic rings. The summed E-state index contributed by atoms with van der Waals surface area (Å²) in [4.78, 5) is 12.6. The Morgan fingerprint density at radius 3 is 3.00 bits per heavy atom. The van der Waals surface area contributed by atoms with Gasteiger partial charge in [0, 0.05) is 10.9 Å². The maximum Gasteiger partial charge on any atom is 0.344 e. The van der Waals surface area contributed by atoms with Crippen LogP contribution in [0.15, 0.2) is 33.0 Å². The molecular weight excluding hydrogens is 279 g/mol. The Morgan fingerprint density at radius 1 is 1.50 bits per heavy atom. The number of hydrogen-bond acceptors (Lipinski definition) is 4. The fourth-order valence-electron chi connectivity index (χ4n) is 2.11. The lowest BCUT2D eigenvalue weighted by atomic mass is 10.1. The molecule has 5 nitrogen and oxygen atoms in total. The number of aromatic nitrogens is 3. The van der Waals surface area contributed by atoms with E-state index < -0.39 is 0 Å². The lowest BCUT2D eigenvalue weighted by Crippen LogP contribution is -2.16. The summed E-state index contributed by atoms with van der Waals surface area (Å²) in [7, 11) is 0. The number of H-pyrrole nitrogens is 1. The molecule has 0 bridgehead atoms. The second-order valence-electron chi connectivity index (χ2n) is 4.81. The van der Waals surface area contributed by atoms with Gasteiger partial charge in [0.15, 0.2) is 5.16 Å². The molecule has 1 aromatic heterocycles. The van der Waals surface area contributed by atoms with Crippen molar-refractivity contribution >= 4 is 11.8 Å². The van der Waals surface area contributed by atoms with E-state index in [4.69, 9.17) is 5.73 Å². The lowest BCUT2D eigenvalue weighted by molar-refractivity contribution is 0.623. The minimum absolute atomic E-state index is 0.183. The van der Waals surface area contributed by atoms with Crippen LogP contribution in [0.3, 0.4) is 0 Å². The first-order valence-electron chi connectivity index (χ1n) is 6.52. The zero-order chi connectivity index (χ0) is 14.1. The Hall–Kier alpha value is -1.60. The van der Waals surface area contributed by atoms with Gasteiger partial charge < -0.3 is 5.73 Å². The van der Waals surface area contributed by atoms with E-state index in [1.807, 2.05) is 0 Å². The number of nitrogens with two attached hydrogens (primary N) is 1. The third kappa shape index (κ3) is 2.64. The van der Waals surface area contributed by atoms with Gasteiger partial charge in [-0.15, -0.1) is 5.10 Å². The summed E-state index contributed by atoms with van der Waals surface area (Å²) < 4.78 is 15.0. The number of nitrogens with one attached hydrogen (secondary N) is 1. The van der Waals surface area contributed by atoms with Crippen LogP contribution in [0.1, 0.15) is 24.4 Å². The van der Waals surface area contributed by atoms with Gasteiger partial charge in [-0.25, -0.2) is 14.3 Å². The molecule has 1 aromatic carbocycles. The highest BCUT2D eigenvalue weighted by Gasteiger charge is 2.28. The molecule has 7 heteroatoms. The van der Waals surface area contributed by atoms with E-state index in [1.54, 1.807) is 10.6 Å². The topological polar surface area (TPSA) is 76.7 Å². The average molecular weight is 294 g/mol. The first-order chi connectivity index (χ1) is 9.69. The van der Waals surface area contributed by atoms with Gasteiger partial charge in [0.05, 0.1) is 0 Å². The van der Waals surface area contributed by atoms with Crippen LogP contribution in [-0.4, -0.2) is 21.3 Å². The van der Waals surface area contributed by atoms with Crippen molar-refractivity contribution < 1.29 is 4.39 Å². The fourth-order valence-corrected chi connectivity index (χ4v) is 3.16. The quantitative estimate of drug-likeness (QED) is 0.880. The smallest absolute Gasteiger partial charge is 0.330 e. The number of hydrogen-bond donors (Lipinski definition) is 2. The Bertz CT molecular complexity index is 677. The highest BCUT2D eigenvalue weighted by atomic mass is 32.2. The maximum absolute atomic E-state index is 13.3. The third-order valence-corrected chi connectivity index (χ3v) is 4.31. The van der Waals surface area contributed by atoms with Crippen molar-refractivity contribution in [3.05, 3.63) is 40.1 Å². The molecule has 0 spiro atoms. The molecule has 20 heavy (non-hydrogen) atoms. The predicted octanol–water partition coefficient (Wildman–Crippen LogP) is 1.70. The van der Waals surface area contributed by atoms with Crippen molar-refractivity contribution in [3.8, 4) is 0 Å². The number of halogens is 1. The summed E-state index contributed by atoms with van der Waals surface area (Å²) in [5.41, 5.74) is 6.22. The minimum Gasteiger partial charge on any atom is -0.330 e. The second-order valence-corrected chi connectivity index (χ2v) is 5.81. The molecule has 0 aliphatic heterocycles. The van der Waals surface area contributed by atoms with Crippen LogP contribution in [0, 0.1) is 5.82 Å². The molecule has 1 aliphatic rings. The molecule has 0 unspecified atom stereocenters. The van der Waals surface area contributed by atoms with Crippen molar-refractivity contribution in [2.24, 2.45) is 5.73 Å². The van der Waals surface area contributed by atoms with E-state index in [2.05, 4.69) is 10.2 Å². The standard InChI is InChI=1S/C13H15FN4OS/c14-9-1-4-11(8(7-9)5-6-15)20-13-17-16-12(19)18(13)10-2-3-10/h1,4,7,10H,2-3,5-6,15H2,(H,16,19). The molecule has 0 saturated heterocycles. The van der Waals surface area contributed by atoms with Crippen molar-refractivity contribution in [2.75, 3.05) is 6.54 Å². The van der Waals surface area contributed by atoms with Crippen molar-refractivity contribution in [1.29, 1.82) is 0 Å². The molecule has 0 radical (unpaired) electrons. The molecular formula is C13H15FN4OS. The van der Waals surface area contributed by atoms with Gasteiger partial charge in [0.1, 0.15) is 5.82 Å². The minimum atomic E-state index is -0.278. The van der Waals surface area contributed by atoms with Gasteiger partial charge in [-0.2, -0.15) is 0 Å². The summed E-state index contributed by atoms with van der Waals surface area (Å²) in [5, 5.41) is 7.17. The van der Waals surface area contributed by atoms with E-state index in [9.17, 15) is 9.18 Å². The largest absolute Gasteiger partial charge is 0.344 e. The van der Waals surface area contributed by atoms with Crippen molar-refractivity contribution in [2.45, 2.75) is 35.4 Å². The van der Waals surface area contributed by atoms with Gasteiger partial charge in [0.25, 0.3) is 0 Å². The normalized spacial score (nSPS) is 14.7. The van der Waals surface area contributed by atoms with Gasteiger partial charge in [-0.05, 0) is 61.3 Å². The van der Waals surface area contributed by atoms with Crippen LogP contribution in [0.25, 0.3) is 0 Å². The summed E-state index contributed by atoms with van der Waals surface area (Å²) in [6.07, 6.45) is 2.61. The maximum atomic E-state index is 13.3. The SMILES string of the molecule is NCCc1cc(F)ccc1Sc1n[nH]c(=O)n1C1CC1. The fraction of sp³-hybridized carbons (Fsp3) is 0.385. The first kappa shape index (κ1) is 13.4. The molecule has 0 atom stereocenters. The van der Waals surface area contributed by atoms with Gasteiger partial charge >= 0.3 is 5.69 Å². The van der Waals surface area contributed by atoms with Crippen molar-refractivity contribution in [3.63, 3.8) is 0 Å². The zero-order valence-electron chi connectivity index (χ0n) is 10.8. The van der Waals surface area contributed by atoms with Gasteiger partial charge in [-0.1, -0.05) is 0 Å². The van der Waals surface area contributed by atoms with E-state index in [0.29, 0.717) is 18.1 Å². The van der Waals surface area contributed by atoms with Crippen LogP contribution in [-0.2, 0) is 6.42 Å². The average Bonchev–Trinajstić information content (AvgIpc) is 3.18. The highest BCUT2D eigenvalue weighted by molar-refractivity contribution is 7.99. The number of nitrogens with zero attached hydrogens (tertiary/aromatic N) is 2. The van der Waals surface area contributed by atoms with E-state index in [0.717, 1.165) is 23.3 Å². The summed E-state index contributed by atoms with van der Waals surface area (Å²) in [6.45, 7) is 0.451. The summed E-state index contributed by atoms with van der Waals surface area (Å²) in [5.74, 6) is -0.278. The number of rotatable bonds is 5. The highest BCUT2D eigenvalue weighted by Crippen LogP contribution is 2.38. The van der Waals surface area contributed by atoms with Crippen LogP contribution < -0.4 is 11.4 Å². The molecule has 3 rings (SSSR count). The van der Waals surface area contributed by atoms with Crippen molar-refractivity contribution in [1.82, 2.24) is 14.8 Å². The molecule has 3 N–H and O–H groups in total. The Morgan fingerprint density at radius 2 is 2.30 bits per heavy atom. The molecule has 1 fully saturated rings. The Labute approximate surface area is 119 Å². The molecule has 1 saturated carbocycles. The Balaban J connectivity index is 1.93. The monoisotopic (exact) mass is 294 g/mol. The van der Waals surface area contributed by atoms with Crippen LogP contribution >= 0.6 is 11.8 Å². The zero-order valence-corrected chi connectivity index (χ0v) is 11.6. The van der Waals surface area contributed by atoms with Gasteiger partial charge in [-0.3, -0.25) is 4.57 Å². The predicted molar refractivity (Wildman–Crippen MR) is 74.4 cm³/mol. The van der Waals surface area contributed by atoms with Crippen LogP contribution in [0.2, 0.25) is 0 Å². The van der Waals surface area contributed by atoms with E-state index in [-0.39, 0.29) is 17.5 Å². The van der Waals surface area contributed by atoms with Crippen LogP contribution in [0.5, 0.6) is 0 Å². The molecule has 1 aliphatic carbocycles. The summed E-state index contributed by atoms with van der Waals surface area (Å²) >= 11 is 1.38. The second kappa shape index (κ2) is 5.41. The van der Waals surface area contributed by atoms with Crippen LogP contribution in [0.4, 0.5) is 4.39 Å². The first-order valence-corrected chi connectivity index (χ1v) is 7.34. The van der Waals surface area contributed by atoms with Gasteiger partial charge in [0.2, 0.25) is 0 Å². The third-order valence-electron chi connectivity index (χ3n) is 3.22. The van der Waals surface area contributed by atoms with E-state index in [1.165, 1.54) is 23.9 Å². The summed E-state index contributed by atoms with van der Waals surface area (Å²) in [6, 6.07) is 4.86. The molecule has 106 valence electrons.